The summed E-state index contributed by atoms with van der Waals surface area (Å²) in [6.07, 6.45) is 9.66. The first-order chi connectivity index (χ1) is 25.4. The van der Waals surface area contributed by atoms with Crippen LogP contribution in [0.25, 0.3) is 0 Å². The van der Waals surface area contributed by atoms with Gasteiger partial charge in [0.05, 0.1) is 36.3 Å². The Kier molecular flexibility index (Phi) is 12.9. The minimum Gasteiger partial charge on any atom is -0.462 e. The maximum Gasteiger partial charge on any atom is 0.409 e. The normalized spacial score (nSPS) is 28.8. The first-order valence-electron chi connectivity index (χ1n) is 20.2. The van der Waals surface area contributed by atoms with Gasteiger partial charge >= 0.3 is 24.1 Å². The largest absolute Gasteiger partial charge is 0.462 e. The van der Waals surface area contributed by atoms with Crippen molar-refractivity contribution in [1.82, 2.24) is 9.80 Å². The highest BCUT2D eigenvalue weighted by Gasteiger charge is 2.50. The third-order valence-corrected chi connectivity index (χ3v) is 12.3. The molecule has 0 aromatic carbocycles. The molecule has 11 nitrogen and oxygen atoms in total. The molecule has 2 saturated carbocycles. The van der Waals surface area contributed by atoms with Crippen LogP contribution < -0.4 is 0 Å². The Balaban J connectivity index is 0.823. The molecule has 6 atom stereocenters. The lowest BCUT2D eigenvalue weighted by molar-refractivity contribution is -0.189. The molecule has 4 fully saturated rings. The summed E-state index contributed by atoms with van der Waals surface area (Å²) in [5.41, 5.74) is -1.65. The Labute approximate surface area is 315 Å². The van der Waals surface area contributed by atoms with Gasteiger partial charge in [-0.3, -0.25) is 9.59 Å². The zero-order chi connectivity index (χ0) is 37.6. The molecule has 0 bridgehead atoms. The number of hydrogen-bond acceptors (Lipinski definition) is 9. The van der Waals surface area contributed by atoms with Gasteiger partial charge < -0.3 is 33.5 Å². The lowest BCUT2D eigenvalue weighted by Gasteiger charge is -2.36. The number of rotatable bonds is 12. The van der Waals surface area contributed by atoms with E-state index in [0.717, 1.165) is 51.4 Å². The topological polar surface area (TPSA) is 121 Å². The van der Waals surface area contributed by atoms with Crippen LogP contribution in [-0.2, 0) is 33.3 Å². The number of hydrogen-bond donors (Lipinski definition) is 0. The first-order valence-corrected chi connectivity index (χ1v) is 20.2. The summed E-state index contributed by atoms with van der Waals surface area (Å²) in [6.45, 7) is 10.3. The molecular weight excluding hydrogens is 676 g/mol. The van der Waals surface area contributed by atoms with Crippen molar-refractivity contribution in [1.29, 1.82) is 0 Å². The van der Waals surface area contributed by atoms with Crippen LogP contribution in [0.5, 0.6) is 0 Å². The maximum atomic E-state index is 13.0. The maximum absolute atomic E-state index is 13.0. The van der Waals surface area contributed by atoms with E-state index in [1.807, 2.05) is 27.7 Å². The summed E-state index contributed by atoms with van der Waals surface area (Å²) in [7, 11) is 0. The van der Waals surface area contributed by atoms with Gasteiger partial charge in [0.2, 0.25) is 0 Å². The fourth-order valence-corrected chi connectivity index (χ4v) is 9.21. The molecule has 2 heterocycles. The summed E-state index contributed by atoms with van der Waals surface area (Å²) in [4.78, 5) is 54.9. The van der Waals surface area contributed by atoms with Crippen molar-refractivity contribution in [2.24, 2.45) is 47.3 Å². The van der Waals surface area contributed by atoms with Crippen LogP contribution in [0, 0.1) is 71.0 Å². The van der Waals surface area contributed by atoms with E-state index in [1.165, 1.54) is 0 Å². The highest BCUT2D eigenvalue weighted by molar-refractivity contribution is 5.74. The molecule has 0 unspecified atom stereocenters. The fraction of sp³-hybridized carbons (Fsp3) is 0.810. The van der Waals surface area contributed by atoms with E-state index in [9.17, 15) is 19.2 Å². The molecule has 292 valence electrons. The number of carbonyl (C=O) groups excluding carboxylic acids is 4. The monoisotopic (exact) mass is 736 g/mol. The summed E-state index contributed by atoms with van der Waals surface area (Å²) in [5, 5.41) is 0. The van der Waals surface area contributed by atoms with Crippen LogP contribution >= 0.6 is 0 Å². The molecule has 0 spiro atoms. The van der Waals surface area contributed by atoms with Gasteiger partial charge in [-0.1, -0.05) is 0 Å². The average Bonchev–Trinajstić information content (AvgIpc) is 3.98. The number of nitrogens with zero attached hydrogens (tertiary/aromatic N) is 2. The molecule has 4 aliphatic carbocycles. The van der Waals surface area contributed by atoms with Gasteiger partial charge in [0, 0.05) is 51.9 Å². The Bertz CT molecular complexity index is 1310. The molecule has 6 rings (SSSR count). The first kappa shape index (κ1) is 39.3. The van der Waals surface area contributed by atoms with Gasteiger partial charge in [-0.15, -0.1) is 23.7 Å². The second-order valence-electron chi connectivity index (χ2n) is 17.4. The van der Waals surface area contributed by atoms with E-state index in [4.69, 9.17) is 23.7 Å². The number of ether oxygens (including phenoxy) is 5. The number of amides is 2. The van der Waals surface area contributed by atoms with Gasteiger partial charge in [0.15, 0.2) is 0 Å². The van der Waals surface area contributed by atoms with Crippen molar-refractivity contribution in [3.63, 3.8) is 0 Å². The molecule has 0 N–H and O–H groups in total. The predicted octanol–water partition coefficient (Wildman–Crippen LogP) is 6.22. The van der Waals surface area contributed by atoms with Crippen LogP contribution in [-0.4, -0.2) is 97.7 Å². The fourth-order valence-electron chi connectivity index (χ4n) is 9.21. The molecule has 2 amide bonds. The number of likely N-dealkylation sites (tertiary alicyclic amines) is 2. The lowest BCUT2D eigenvalue weighted by atomic mass is 9.97. The highest BCUT2D eigenvalue weighted by atomic mass is 16.6. The minimum atomic E-state index is -0.823. The predicted molar refractivity (Wildman–Crippen MR) is 196 cm³/mol. The molecule has 11 heteroatoms. The van der Waals surface area contributed by atoms with Crippen molar-refractivity contribution < 1.29 is 42.9 Å². The number of fused-ring (bicyclic) bond motifs is 2. The summed E-state index contributed by atoms with van der Waals surface area (Å²) < 4.78 is 29.1. The Morgan fingerprint density at radius 3 is 1.15 bits per heavy atom. The quantitative estimate of drug-likeness (QED) is 0.131. The van der Waals surface area contributed by atoms with E-state index in [-0.39, 0.29) is 49.2 Å². The van der Waals surface area contributed by atoms with E-state index >= 15 is 0 Å². The molecule has 2 aliphatic heterocycles. The van der Waals surface area contributed by atoms with Crippen LogP contribution in [0.4, 0.5) is 9.59 Å². The molecule has 53 heavy (non-hydrogen) atoms. The van der Waals surface area contributed by atoms with Gasteiger partial charge in [-0.25, -0.2) is 9.59 Å². The van der Waals surface area contributed by atoms with E-state index in [2.05, 4.69) is 23.7 Å². The van der Waals surface area contributed by atoms with Crippen molar-refractivity contribution in [3.8, 4) is 23.7 Å². The van der Waals surface area contributed by atoms with Gasteiger partial charge in [-0.2, -0.15) is 0 Å². The van der Waals surface area contributed by atoms with Crippen molar-refractivity contribution in [2.75, 3.05) is 52.6 Å². The third-order valence-electron chi connectivity index (χ3n) is 12.3. The molecule has 0 aromatic heterocycles. The van der Waals surface area contributed by atoms with Gasteiger partial charge in [-0.05, 0) is 115 Å². The molecule has 6 aliphatic rings. The highest BCUT2D eigenvalue weighted by Crippen LogP contribution is 2.53. The summed E-state index contributed by atoms with van der Waals surface area (Å²) >= 11 is 0. The van der Waals surface area contributed by atoms with E-state index in [0.29, 0.717) is 101 Å². The standard InChI is InChI=1S/C42H60N2O9/c1-41(2,27-51-37(45)29-17-21-43(22-18-29)39(47)49-25-35-31-13-9-5-6-10-14-32(31)35)53-42(3,4)28-52-38(46)30-19-23-44(24-20-30)40(48)50-26-36-33-15-11-7-8-12-16-34(33)36/h29-36H,9-28H2,1-4H3/t31-,32+,33-,34+,35-,36-. The van der Waals surface area contributed by atoms with Crippen LogP contribution in [0.1, 0.15) is 105 Å². The van der Waals surface area contributed by atoms with Crippen molar-refractivity contribution >= 4 is 24.1 Å². The molecule has 2 saturated heterocycles. The van der Waals surface area contributed by atoms with Crippen LogP contribution in [0.15, 0.2) is 0 Å². The SMILES string of the molecule is CC(C)(COC(=O)C1CCN(C(=O)OC[C@@H]2[C@@H]3CCC#CCC[C@@H]32)CC1)OC(C)(C)COC(=O)C1CCN(C(=O)OC[C@@H]2[C@@H]3CCC#CCC[C@@H]32)CC1. The van der Waals surface area contributed by atoms with Crippen molar-refractivity contribution in [2.45, 2.75) is 116 Å². The Morgan fingerprint density at radius 2 is 0.830 bits per heavy atom. The Hall–Kier alpha value is -3.44. The Morgan fingerprint density at radius 1 is 0.509 bits per heavy atom. The van der Waals surface area contributed by atoms with Crippen molar-refractivity contribution in [3.05, 3.63) is 0 Å². The van der Waals surface area contributed by atoms with Gasteiger partial charge in [0.25, 0.3) is 0 Å². The molecular formula is C42H60N2O9. The zero-order valence-corrected chi connectivity index (χ0v) is 32.3. The third kappa shape index (κ3) is 10.8. The van der Waals surface area contributed by atoms with Gasteiger partial charge in [0.1, 0.15) is 13.2 Å². The summed E-state index contributed by atoms with van der Waals surface area (Å²) in [5.74, 6) is 15.1. The number of carbonyl (C=O) groups is 4. The second kappa shape index (κ2) is 17.4. The molecule has 0 aromatic rings. The van der Waals surface area contributed by atoms with E-state index in [1.54, 1.807) is 9.80 Å². The van der Waals surface area contributed by atoms with E-state index < -0.39 is 11.2 Å². The van der Waals surface area contributed by atoms with Crippen LogP contribution in [0.3, 0.4) is 0 Å². The average molecular weight is 737 g/mol. The smallest absolute Gasteiger partial charge is 0.409 e. The number of piperidine rings is 2. The van der Waals surface area contributed by atoms with Crippen LogP contribution in [0.2, 0.25) is 0 Å². The zero-order valence-electron chi connectivity index (χ0n) is 32.3. The molecule has 0 radical (unpaired) electrons. The minimum absolute atomic E-state index is 0.0469. The summed E-state index contributed by atoms with van der Waals surface area (Å²) in [6, 6.07) is 0. The second-order valence-corrected chi connectivity index (χ2v) is 17.4. The number of esters is 2. The lowest BCUT2D eigenvalue weighted by Crippen LogP contribution is -2.46.